The molecule has 154 valence electrons. The Labute approximate surface area is 190 Å². The summed E-state index contributed by atoms with van der Waals surface area (Å²) in [6.45, 7) is 3.09. The van der Waals surface area contributed by atoms with Gasteiger partial charge in [0.25, 0.3) is 0 Å². The summed E-state index contributed by atoms with van der Waals surface area (Å²) in [6.07, 6.45) is 4.74. The largest absolute Gasteiger partial charge is 0.356 e. The van der Waals surface area contributed by atoms with Crippen LogP contribution in [0.4, 0.5) is 0 Å². The van der Waals surface area contributed by atoms with Crippen molar-refractivity contribution in [1.29, 1.82) is 0 Å². The van der Waals surface area contributed by atoms with Crippen molar-refractivity contribution >= 4 is 41.3 Å². The first-order chi connectivity index (χ1) is 13.3. The topological polar surface area (TPSA) is 39.7 Å². The number of hydrogen-bond donors (Lipinski definition) is 2. The highest BCUT2D eigenvalue weighted by molar-refractivity contribution is 14.0. The van der Waals surface area contributed by atoms with Crippen molar-refractivity contribution in [3.05, 3.63) is 58.3 Å². The fraction of sp³-hybridized carbons (Fsp3) is 0.500. The number of rotatable bonds is 7. The summed E-state index contributed by atoms with van der Waals surface area (Å²) in [6, 6.07) is 15.6. The van der Waals surface area contributed by atoms with Crippen LogP contribution < -0.4 is 10.6 Å². The number of thiophene rings is 1. The highest BCUT2D eigenvalue weighted by atomic mass is 127. The van der Waals surface area contributed by atoms with E-state index >= 15 is 0 Å². The number of halogens is 1. The van der Waals surface area contributed by atoms with Crippen molar-refractivity contribution in [3.8, 4) is 0 Å². The minimum Gasteiger partial charge on any atom is -0.356 e. The molecule has 1 fully saturated rings. The van der Waals surface area contributed by atoms with Gasteiger partial charge in [0.05, 0.1) is 0 Å². The average molecular weight is 513 g/mol. The Balaban J connectivity index is 0.00000280. The number of aliphatic imine (C=N–C) groups is 1. The van der Waals surface area contributed by atoms with Gasteiger partial charge in [0.15, 0.2) is 5.96 Å². The van der Waals surface area contributed by atoms with Crippen molar-refractivity contribution in [2.24, 2.45) is 10.9 Å². The molecule has 1 aliphatic heterocycles. The summed E-state index contributed by atoms with van der Waals surface area (Å²) in [7, 11) is 4.11. The van der Waals surface area contributed by atoms with Gasteiger partial charge in [-0.15, -0.1) is 35.3 Å². The van der Waals surface area contributed by atoms with E-state index in [0.717, 1.165) is 31.9 Å². The van der Waals surface area contributed by atoms with E-state index in [-0.39, 0.29) is 24.0 Å². The maximum Gasteiger partial charge on any atom is 0.190 e. The Morgan fingerprint density at radius 2 is 2.00 bits per heavy atom. The molecule has 3 rings (SSSR count). The van der Waals surface area contributed by atoms with E-state index < -0.39 is 0 Å². The zero-order valence-corrected chi connectivity index (χ0v) is 20.1. The molecule has 0 bridgehead atoms. The Kier molecular flexibility index (Phi) is 10.3. The quantitative estimate of drug-likeness (QED) is 0.248. The molecule has 2 unspecified atom stereocenters. The number of benzene rings is 1. The van der Waals surface area contributed by atoms with E-state index in [4.69, 9.17) is 0 Å². The first-order valence-electron chi connectivity index (χ1n) is 10.00. The Morgan fingerprint density at radius 3 is 2.71 bits per heavy atom. The molecular weight excluding hydrogens is 479 g/mol. The van der Waals surface area contributed by atoms with Crippen LogP contribution in [0.25, 0.3) is 0 Å². The molecule has 2 heterocycles. The van der Waals surface area contributed by atoms with E-state index in [2.05, 4.69) is 75.4 Å². The van der Waals surface area contributed by atoms with Crippen molar-refractivity contribution < 1.29 is 0 Å². The smallest absolute Gasteiger partial charge is 0.190 e. The van der Waals surface area contributed by atoms with E-state index in [1.54, 1.807) is 0 Å². The summed E-state index contributed by atoms with van der Waals surface area (Å²) >= 11 is 1.88. The Hall–Kier alpha value is -1.12. The molecule has 0 aliphatic carbocycles. The average Bonchev–Trinajstić information content (AvgIpc) is 3.22. The van der Waals surface area contributed by atoms with Crippen molar-refractivity contribution in [2.45, 2.75) is 31.7 Å². The maximum atomic E-state index is 4.41. The minimum atomic E-state index is 0. The van der Waals surface area contributed by atoms with Gasteiger partial charge in [-0.25, -0.2) is 0 Å². The fourth-order valence-electron chi connectivity index (χ4n) is 3.97. The number of hydrogen-bond acceptors (Lipinski definition) is 3. The third kappa shape index (κ3) is 6.74. The fourth-order valence-corrected chi connectivity index (χ4v) is 4.96. The van der Waals surface area contributed by atoms with Gasteiger partial charge in [-0.3, -0.25) is 9.89 Å². The van der Waals surface area contributed by atoms with Crippen LogP contribution in [0, 0.1) is 5.92 Å². The lowest BCUT2D eigenvalue weighted by Crippen LogP contribution is -2.45. The van der Waals surface area contributed by atoms with E-state index in [1.807, 2.05) is 18.4 Å². The van der Waals surface area contributed by atoms with Gasteiger partial charge >= 0.3 is 0 Å². The second kappa shape index (κ2) is 12.4. The zero-order valence-electron chi connectivity index (χ0n) is 16.9. The molecule has 2 N–H and O–H groups in total. The molecule has 1 saturated heterocycles. The molecule has 4 nitrogen and oxygen atoms in total. The lowest BCUT2D eigenvalue weighted by molar-refractivity contribution is 0.125. The van der Waals surface area contributed by atoms with Gasteiger partial charge in [-0.2, -0.15) is 0 Å². The molecule has 1 aliphatic rings. The first kappa shape index (κ1) is 23.2. The van der Waals surface area contributed by atoms with Gasteiger partial charge in [0.1, 0.15) is 0 Å². The predicted molar refractivity (Wildman–Crippen MR) is 132 cm³/mol. The lowest BCUT2D eigenvalue weighted by Gasteiger charge is -2.39. The minimum absolute atomic E-state index is 0. The summed E-state index contributed by atoms with van der Waals surface area (Å²) in [4.78, 5) is 8.40. The van der Waals surface area contributed by atoms with Crippen molar-refractivity contribution in [2.75, 3.05) is 33.7 Å². The first-order valence-corrected chi connectivity index (χ1v) is 10.9. The van der Waals surface area contributed by atoms with Gasteiger partial charge in [0.2, 0.25) is 0 Å². The monoisotopic (exact) mass is 512 g/mol. The van der Waals surface area contributed by atoms with Gasteiger partial charge in [-0.1, -0.05) is 36.4 Å². The number of piperidine rings is 1. The number of nitrogens with zero attached hydrogens (tertiary/aromatic N) is 2. The normalized spacial score (nSPS) is 20.4. The molecule has 0 radical (unpaired) electrons. The molecule has 2 aromatic rings. The molecule has 1 aromatic carbocycles. The highest BCUT2D eigenvalue weighted by Crippen LogP contribution is 2.36. The SMILES string of the molecule is CN=C(NCCCc1ccccc1)NCC1CCCN(C)C1c1cccs1.I. The van der Waals surface area contributed by atoms with Crippen LogP contribution >= 0.6 is 35.3 Å². The van der Waals surface area contributed by atoms with Crippen LogP contribution in [0.3, 0.4) is 0 Å². The molecule has 28 heavy (non-hydrogen) atoms. The standard InChI is InChI=1S/C22H32N4S.HI/c1-23-22(24-14-6-11-18-9-4-3-5-10-18)25-17-19-12-7-15-26(2)21(19)20-13-8-16-27-20;/h3-5,8-10,13,16,19,21H,6-7,11-12,14-15,17H2,1-2H3,(H2,23,24,25);1H. The third-order valence-electron chi connectivity index (χ3n) is 5.37. The summed E-state index contributed by atoms with van der Waals surface area (Å²) in [5.74, 6) is 1.53. The van der Waals surface area contributed by atoms with Crippen LogP contribution in [-0.2, 0) is 6.42 Å². The summed E-state index contributed by atoms with van der Waals surface area (Å²) in [5.41, 5.74) is 1.39. The molecular formula is C22H33IN4S. The zero-order chi connectivity index (χ0) is 18.9. The second-order valence-corrected chi connectivity index (χ2v) is 8.29. The molecule has 0 saturated carbocycles. The number of likely N-dealkylation sites (tertiary alicyclic amines) is 1. The summed E-state index contributed by atoms with van der Waals surface area (Å²) in [5, 5.41) is 9.23. The van der Waals surface area contributed by atoms with Gasteiger partial charge < -0.3 is 10.6 Å². The second-order valence-electron chi connectivity index (χ2n) is 7.31. The van der Waals surface area contributed by atoms with Crippen molar-refractivity contribution in [3.63, 3.8) is 0 Å². The number of aryl methyl sites for hydroxylation is 1. The van der Waals surface area contributed by atoms with E-state index in [1.165, 1.54) is 29.8 Å². The number of guanidine groups is 1. The van der Waals surface area contributed by atoms with Crippen LogP contribution in [0.5, 0.6) is 0 Å². The molecule has 2 atom stereocenters. The maximum absolute atomic E-state index is 4.41. The molecule has 0 amide bonds. The number of nitrogens with one attached hydrogen (secondary N) is 2. The predicted octanol–water partition coefficient (Wildman–Crippen LogP) is 4.55. The van der Waals surface area contributed by atoms with Crippen LogP contribution in [-0.4, -0.2) is 44.6 Å². The van der Waals surface area contributed by atoms with Gasteiger partial charge in [0, 0.05) is 31.1 Å². The van der Waals surface area contributed by atoms with Crippen LogP contribution in [0.15, 0.2) is 52.8 Å². The third-order valence-corrected chi connectivity index (χ3v) is 6.32. The summed E-state index contributed by atoms with van der Waals surface area (Å²) < 4.78 is 0. The van der Waals surface area contributed by atoms with Crippen LogP contribution in [0.2, 0.25) is 0 Å². The van der Waals surface area contributed by atoms with Crippen LogP contribution in [0.1, 0.15) is 35.7 Å². The Bertz CT molecular complexity index is 690. The molecule has 6 heteroatoms. The molecule has 1 aromatic heterocycles. The van der Waals surface area contributed by atoms with E-state index in [0.29, 0.717) is 12.0 Å². The van der Waals surface area contributed by atoms with Gasteiger partial charge in [-0.05, 0) is 62.2 Å². The Morgan fingerprint density at radius 1 is 1.18 bits per heavy atom. The molecule has 0 spiro atoms. The van der Waals surface area contributed by atoms with Crippen molar-refractivity contribution in [1.82, 2.24) is 15.5 Å². The lowest BCUT2D eigenvalue weighted by atomic mass is 9.88. The highest BCUT2D eigenvalue weighted by Gasteiger charge is 2.31. The van der Waals surface area contributed by atoms with E-state index in [9.17, 15) is 0 Å².